The summed E-state index contributed by atoms with van der Waals surface area (Å²) in [6.45, 7) is 2.51. The van der Waals surface area contributed by atoms with Crippen molar-refractivity contribution < 1.29 is 24.9 Å². The first-order valence-electron chi connectivity index (χ1n) is 12.0. The van der Waals surface area contributed by atoms with E-state index >= 15 is 0 Å². The number of fused-ring (bicyclic) bond motifs is 1. The maximum atomic E-state index is 12.4. The molecule has 0 unspecified atom stereocenters. The molecule has 0 radical (unpaired) electrons. The molecule has 3 aromatic heterocycles. The molecule has 4 atom stereocenters. The summed E-state index contributed by atoms with van der Waals surface area (Å²) >= 11 is 0. The minimum atomic E-state index is -1.31. The van der Waals surface area contributed by atoms with E-state index in [9.17, 15) is 20.1 Å². The van der Waals surface area contributed by atoms with E-state index in [0.29, 0.717) is 35.6 Å². The first-order chi connectivity index (χ1) is 18.0. The smallest absolute Gasteiger partial charge is 0.254 e. The Morgan fingerprint density at radius 1 is 1.16 bits per heavy atom. The van der Waals surface area contributed by atoms with Crippen molar-refractivity contribution in [1.29, 1.82) is 0 Å². The van der Waals surface area contributed by atoms with Crippen LogP contribution in [0, 0.1) is 0 Å². The standard InChI is InChI=1S/C24H28N8O5/c1-2-8-25-22(36)15-10-28-32(11-15)24-29-20(26-9-14-6-4-3-5-7-14)17-21(30-24)31(13-27-17)23-19(35)18(34)16(12-33)37-23/h3-7,10-11,13,16,18-19,23,33-35H,2,8-9,12H2,1H3,(H,25,36)(H,26,29,30)/t16-,18-,19-,23-/m1/s1. The molecule has 1 aliphatic heterocycles. The topological polar surface area (TPSA) is 172 Å². The van der Waals surface area contributed by atoms with Crippen molar-refractivity contribution in [3.8, 4) is 5.95 Å². The summed E-state index contributed by atoms with van der Waals surface area (Å²) in [6.07, 6.45) is 0.621. The lowest BCUT2D eigenvalue weighted by atomic mass is 10.1. The Labute approximate surface area is 211 Å². The molecule has 1 saturated heterocycles. The van der Waals surface area contributed by atoms with E-state index < -0.39 is 31.1 Å². The Kier molecular flexibility index (Phi) is 7.10. The first kappa shape index (κ1) is 24.8. The SMILES string of the molecule is CCCNC(=O)c1cnn(-c2nc(NCc3ccccc3)c3ncn([C@@H]4O[C@H](CO)[C@@H](O)[C@H]4O)c3n2)c1. The van der Waals surface area contributed by atoms with Crippen LogP contribution in [0.15, 0.2) is 49.1 Å². The number of benzene rings is 1. The quantitative estimate of drug-likeness (QED) is 0.213. The third-order valence-corrected chi connectivity index (χ3v) is 6.09. The van der Waals surface area contributed by atoms with Gasteiger partial charge in [-0.05, 0) is 12.0 Å². The molecule has 194 valence electrons. The predicted octanol–water partition coefficient (Wildman–Crippen LogP) is 0.375. The Morgan fingerprint density at radius 3 is 2.70 bits per heavy atom. The van der Waals surface area contributed by atoms with Crippen LogP contribution < -0.4 is 10.6 Å². The van der Waals surface area contributed by atoms with Crippen molar-refractivity contribution >= 4 is 22.9 Å². The summed E-state index contributed by atoms with van der Waals surface area (Å²) in [5.74, 6) is 0.307. The molecule has 13 nitrogen and oxygen atoms in total. The summed E-state index contributed by atoms with van der Waals surface area (Å²) in [5.41, 5.74) is 2.09. The minimum Gasteiger partial charge on any atom is -0.394 e. The van der Waals surface area contributed by atoms with Gasteiger partial charge >= 0.3 is 0 Å². The van der Waals surface area contributed by atoms with Gasteiger partial charge in [0.25, 0.3) is 11.9 Å². The Bertz CT molecular complexity index is 1370. The predicted molar refractivity (Wildman–Crippen MR) is 132 cm³/mol. The lowest BCUT2D eigenvalue weighted by Gasteiger charge is -2.17. The van der Waals surface area contributed by atoms with Crippen molar-refractivity contribution in [2.45, 2.75) is 44.4 Å². The van der Waals surface area contributed by atoms with Gasteiger partial charge in [-0.1, -0.05) is 37.3 Å². The third-order valence-electron chi connectivity index (χ3n) is 6.09. The normalized spacial score (nSPS) is 21.4. The molecule has 4 heterocycles. The molecule has 1 aromatic carbocycles. The highest BCUT2D eigenvalue weighted by atomic mass is 16.6. The fourth-order valence-corrected chi connectivity index (χ4v) is 4.10. The number of carbonyl (C=O) groups is 1. The van der Waals surface area contributed by atoms with Crippen molar-refractivity contribution in [3.05, 3.63) is 60.2 Å². The molecule has 5 N–H and O–H groups in total. The monoisotopic (exact) mass is 508 g/mol. The lowest BCUT2D eigenvalue weighted by Crippen LogP contribution is -2.33. The van der Waals surface area contributed by atoms with Crippen molar-refractivity contribution in [2.75, 3.05) is 18.5 Å². The summed E-state index contributed by atoms with van der Waals surface area (Å²) in [7, 11) is 0. The van der Waals surface area contributed by atoms with Gasteiger partial charge < -0.3 is 30.7 Å². The van der Waals surface area contributed by atoms with Gasteiger partial charge in [0.15, 0.2) is 23.2 Å². The van der Waals surface area contributed by atoms with Crippen LogP contribution in [0.1, 0.15) is 35.5 Å². The Balaban J connectivity index is 1.54. The molecular weight excluding hydrogens is 480 g/mol. The summed E-state index contributed by atoms with van der Waals surface area (Å²) in [4.78, 5) is 26.0. The molecule has 1 amide bonds. The number of imidazole rings is 1. The lowest BCUT2D eigenvalue weighted by molar-refractivity contribution is -0.0511. The number of hydrogen-bond donors (Lipinski definition) is 5. The van der Waals surface area contributed by atoms with Crippen LogP contribution in [0.4, 0.5) is 5.82 Å². The highest BCUT2D eigenvalue weighted by molar-refractivity contribution is 5.93. The third kappa shape index (κ3) is 4.89. The average molecular weight is 509 g/mol. The van der Waals surface area contributed by atoms with E-state index in [4.69, 9.17) is 4.74 Å². The number of hydrogen-bond acceptors (Lipinski definition) is 10. The summed E-state index contributed by atoms with van der Waals surface area (Å²) in [6, 6.07) is 9.74. The van der Waals surface area contributed by atoms with Crippen LogP contribution in [0.5, 0.6) is 0 Å². The van der Waals surface area contributed by atoms with Crippen molar-refractivity contribution in [3.63, 3.8) is 0 Å². The highest BCUT2D eigenvalue weighted by Gasteiger charge is 2.44. The van der Waals surface area contributed by atoms with Crippen LogP contribution in [0.3, 0.4) is 0 Å². The molecular formula is C24H28N8O5. The maximum absolute atomic E-state index is 12.4. The molecule has 0 spiro atoms. The van der Waals surface area contributed by atoms with Gasteiger partial charge in [-0.2, -0.15) is 15.1 Å². The fourth-order valence-electron chi connectivity index (χ4n) is 4.10. The average Bonchev–Trinajstić information content (AvgIpc) is 3.65. The van der Waals surface area contributed by atoms with Gasteiger partial charge in [-0.3, -0.25) is 9.36 Å². The van der Waals surface area contributed by atoms with Gasteiger partial charge in [0.2, 0.25) is 0 Å². The number of aliphatic hydroxyl groups excluding tert-OH is 3. The number of aromatic nitrogens is 6. The van der Waals surface area contributed by atoms with E-state index in [1.165, 1.54) is 28.0 Å². The van der Waals surface area contributed by atoms with E-state index in [2.05, 4.69) is 30.7 Å². The van der Waals surface area contributed by atoms with Crippen LogP contribution in [0.25, 0.3) is 17.1 Å². The van der Waals surface area contributed by atoms with Gasteiger partial charge in [-0.15, -0.1) is 0 Å². The number of nitrogens with one attached hydrogen (secondary N) is 2. The van der Waals surface area contributed by atoms with Crippen LogP contribution in [-0.2, 0) is 11.3 Å². The zero-order valence-electron chi connectivity index (χ0n) is 20.1. The van der Waals surface area contributed by atoms with E-state index in [-0.39, 0.29) is 11.9 Å². The number of amides is 1. The number of anilines is 1. The maximum Gasteiger partial charge on any atom is 0.254 e. The van der Waals surface area contributed by atoms with E-state index in [1.807, 2.05) is 37.3 Å². The largest absolute Gasteiger partial charge is 0.394 e. The zero-order valence-corrected chi connectivity index (χ0v) is 20.1. The molecule has 1 fully saturated rings. The van der Waals surface area contributed by atoms with Gasteiger partial charge in [0, 0.05) is 19.3 Å². The number of nitrogens with zero attached hydrogens (tertiary/aromatic N) is 6. The second-order valence-corrected chi connectivity index (χ2v) is 8.69. The molecule has 13 heteroatoms. The Hall–Kier alpha value is -3.91. The number of carbonyl (C=O) groups excluding carboxylic acids is 1. The second kappa shape index (κ2) is 10.6. The number of rotatable bonds is 9. The van der Waals surface area contributed by atoms with Crippen LogP contribution in [0.2, 0.25) is 0 Å². The number of aliphatic hydroxyl groups is 3. The van der Waals surface area contributed by atoms with Gasteiger partial charge in [-0.25, -0.2) is 9.67 Å². The molecule has 4 aromatic rings. The molecule has 1 aliphatic rings. The number of ether oxygens (including phenoxy) is 1. The van der Waals surface area contributed by atoms with E-state index in [1.54, 1.807) is 0 Å². The van der Waals surface area contributed by atoms with Crippen LogP contribution in [-0.4, -0.2) is 82.0 Å². The van der Waals surface area contributed by atoms with Crippen molar-refractivity contribution in [2.24, 2.45) is 0 Å². The van der Waals surface area contributed by atoms with Gasteiger partial charge in [0.1, 0.15) is 18.3 Å². The van der Waals surface area contributed by atoms with Crippen LogP contribution >= 0.6 is 0 Å². The molecule has 0 aliphatic carbocycles. The molecule has 0 saturated carbocycles. The zero-order chi connectivity index (χ0) is 25.9. The fraction of sp³-hybridized carbons (Fsp3) is 0.375. The molecule has 5 rings (SSSR count). The first-order valence-corrected chi connectivity index (χ1v) is 12.0. The summed E-state index contributed by atoms with van der Waals surface area (Å²) < 4.78 is 8.55. The molecule has 37 heavy (non-hydrogen) atoms. The Morgan fingerprint density at radius 2 is 1.97 bits per heavy atom. The summed E-state index contributed by atoms with van der Waals surface area (Å²) in [5, 5.41) is 40.7. The highest BCUT2D eigenvalue weighted by Crippen LogP contribution is 2.32. The van der Waals surface area contributed by atoms with Gasteiger partial charge in [0.05, 0.1) is 24.7 Å². The second-order valence-electron chi connectivity index (χ2n) is 8.69. The van der Waals surface area contributed by atoms with Crippen molar-refractivity contribution in [1.82, 2.24) is 34.6 Å². The minimum absolute atomic E-state index is 0.158. The van der Waals surface area contributed by atoms with E-state index in [0.717, 1.165) is 12.0 Å². The molecule has 0 bridgehead atoms.